The van der Waals surface area contributed by atoms with Crippen LogP contribution in [0.15, 0.2) is 42.6 Å². The van der Waals surface area contributed by atoms with Crippen LogP contribution in [-0.2, 0) is 0 Å². The molecule has 1 fully saturated rings. The number of piperazine rings is 1. The molecule has 0 spiro atoms. The quantitative estimate of drug-likeness (QED) is 0.889. The third-order valence-corrected chi connectivity index (χ3v) is 3.80. The molecule has 114 valence electrons. The predicted octanol–water partition coefficient (Wildman–Crippen LogP) is 2.25. The minimum atomic E-state index is -0.869. The van der Waals surface area contributed by atoms with Gasteiger partial charge in [0, 0.05) is 37.9 Å². The van der Waals surface area contributed by atoms with Crippen molar-refractivity contribution in [1.82, 2.24) is 9.88 Å². The van der Waals surface area contributed by atoms with E-state index in [-0.39, 0.29) is 5.75 Å². The Kier molecular flexibility index (Phi) is 3.82. The van der Waals surface area contributed by atoms with Crippen LogP contribution in [-0.4, -0.2) is 52.4 Å². The van der Waals surface area contributed by atoms with Gasteiger partial charge in [0.1, 0.15) is 11.6 Å². The molecule has 0 unspecified atom stereocenters. The van der Waals surface area contributed by atoms with E-state index in [0.717, 1.165) is 16.9 Å². The highest BCUT2D eigenvalue weighted by Gasteiger charge is 2.21. The van der Waals surface area contributed by atoms with Gasteiger partial charge in [-0.3, -0.25) is 0 Å². The first kappa shape index (κ1) is 14.2. The van der Waals surface area contributed by atoms with Gasteiger partial charge in [0.2, 0.25) is 0 Å². The molecular formula is C16H17N3O3. The normalized spacial score (nSPS) is 14.9. The molecule has 0 atom stereocenters. The molecule has 2 heterocycles. The summed E-state index contributed by atoms with van der Waals surface area (Å²) in [5, 5.41) is 18.5. The van der Waals surface area contributed by atoms with Crippen LogP contribution in [0.25, 0.3) is 11.1 Å². The van der Waals surface area contributed by atoms with E-state index in [1.807, 2.05) is 18.2 Å². The number of hydrogen-bond donors (Lipinski definition) is 2. The van der Waals surface area contributed by atoms with E-state index in [1.165, 1.54) is 4.90 Å². The Bertz CT molecular complexity index is 665. The maximum Gasteiger partial charge on any atom is 0.407 e. The number of hydrogen-bond acceptors (Lipinski definition) is 4. The molecule has 1 aromatic heterocycles. The summed E-state index contributed by atoms with van der Waals surface area (Å²) in [6.07, 6.45) is 0.903. The van der Waals surface area contributed by atoms with Gasteiger partial charge in [-0.25, -0.2) is 9.78 Å². The number of carbonyl (C=O) groups is 1. The third-order valence-electron chi connectivity index (χ3n) is 3.80. The Morgan fingerprint density at radius 1 is 1.05 bits per heavy atom. The maximum absolute atomic E-state index is 10.9. The Morgan fingerprint density at radius 3 is 2.41 bits per heavy atom. The Balaban J connectivity index is 1.71. The van der Waals surface area contributed by atoms with Crippen LogP contribution in [0, 0.1) is 0 Å². The van der Waals surface area contributed by atoms with Crippen molar-refractivity contribution in [3.63, 3.8) is 0 Å². The second-order valence-electron chi connectivity index (χ2n) is 5.21. The van der Waals surface area contributed by atoms with Gasteiger partial charge < -0.3 is 20.0 Å². The zero-order valence-electron chi connectivity index (χ0n) is 12.0. The number of aromatic hydroxyl groups is 1. The number of phenols is 1. The standard InChI is InChI=1S/C16H17N3O3/c20-14-3-1-2-12(10-14)13-4-5-15(17-11-13)18-6-8-19(9-7-18)16(21)22/h1-5,10-11,20H,6-9H2,(H,21,22). The van der Waals surface area contributed by atoms with E-state index < -0.39 is 6.09 Å². The molecule has 3 rings (SSSR count). The van der Waals surface area contributed by atoms with E-state index in [0.29, 0.717) is 26.2 Å². The number of amides is 1. The van der Waals surface area contributed by atoms with Crippen LogP contribution in [0.2, 0.25) is 0 Å². The van der Waals surface area contributed by atoms with Crippen molar-refractivity contribution in [2.24, 2.45) is 0 Å². The number of aromatic nitrogens is 1. The fraction of sp³-hybridized carbons (Fsp3) is 0.250. The zero-order chi connectivity index (χ0) is 15.5. The van der Waals surface area contributed by atoms with Gasteiger partial charge in [-0.1, -0.05) is 12.1 Å². The van der Waals surface area contributed by atoms with Crippen LogP contribution in [0.5, 0.6) is 5.75 Å². The van der Waals surface area contributed by atoms with Crippen LogP contribution < -0.4 is 4.90 Å². The summed E-state index contributed by atoms with van der Waals surface area (Å²) < 4.78 is 0. The van der Waals surface area contributed by atoms with Crippen molar-refractivity contribution in [2.45, 2.75) is 0 Å². The number of rotatable bonds is 2. The second-order valence-corrected chi connectivity index (χ2v) is 5.21. The number of pyridine rings is 1. The Morgan fingerprint density at radius 2 is 1.82 bits per heavy atom. The summed E-state index contributed by atoms with van der Waals surface area (Å²) in [6.45, 7) is 2.27. The average molecular weight is 299 g/mol. The monoisotopic (exact) mass is 299 g/mol. The Labute approximate surface area is 128 Å². The van der Waals surface area contributed by atoms with Crippen molar-refractivity contribution in [3.8, 4) is 16.9 Å². The van der Waals surface area contributed by atoms with Crippen molar-refractivity contribution in [2.75, 3.05) is 31.1 Å². The van der Waals surface area contributed by atoms with E-state index in [2.05, 4.69) is 9.88 Å². The van der Waals surface area contributed by atoms with Gasteiger partial charge in [0.25, 0.3) is 0 Å². The zero-order valence-corrected chi connectivity index (χ0v) is 12.0. The van der Waals surface area contributed by atoms with Crippen molar-refractivity contribution in [3.05, 3.63) is 42.6 Å². The van der Waals surface area contributed by atoms with Crippen LogP contribution in [0.3, 0.4) is 0 Å². The molecule has 1 aromatic carbocycles. The van der Waals surface area contributed by atoms with Gasteiger partial charge >= 0.3 is 6.09 Å². The highest BCUT2D eigenvalue weighted by Crippen LogP contribution is 2.24. The molecule has 1 aliphatic heterocycles. The molecule has 6 nitrogen and oxygen atoms in total. The predicted molar refractivity (Wildman–Crippen MR) is 83.1 cm³/mol. The second kappa shape index (κ2) is 5.93. The number of nitrogens with zero attached hydrogens (tertiary/aromatic N) is 3. The van der Waals surface area contributed by atoms with Crippen LogP contribution in [0.4, 0.5) is 10.6 Å². The fourth-order valence-electron chi connectivity index (χ4n) is 2.56. The highest BCUT2D eigenvalue weighted by molar-refractivity contribution is 5.66. The SMILES string of the molecule is O=C(O)N1CCN(c2ccc(-c3cccc(O)c3)cn2)CC1. The number of anilines is 1. The van der Waals surface area contributed by atoms with Crippen LogP contribution >= 0.6 is 0 Å². The average Bonchev–Trinajstić information content (AvgIpc) is 2.55. The molecule has 1 amide bonds. The minimum Gasteiger partial charge on any atom is -0.508 e. The molecular weight excluding hydrogens is 282 g/mol. The lowest BCUT2D eigenvalue weighted by Gasteiger charge is -2.33. The van der Waals surface area contributed by atoms with E-state index >= 15 is 0 Å². The molecule has 0 bridgehead atoms. The minimum absolute atomic E-state index is 0.228. The number of benzene rings is 1. The summed E-state index contributed by atoms with van der Waals surface area (Å²) in [7, 11) is 0. The molecule has 0 aliphatic carbocycles. The lowest BCUT2D eigenvalue weighted by atomic mass is 10.1. The van der Waals surface area contributed by atoms with Gasteiger partial charge in [0.15, 0.2) is 0 Å². The van der Waals surface area contributed by atoms with Gasteiger partial charge in [0.05, 0.1) is 0 Å². The smallest absolute Gasteiger partial charge is 0.407 e. The summed E-state index contributed by atoms with van der Waals surface area (Å²) in [4.78, 5) is 18.8. The molecule has 1 saturated heterocycles. The largest absolute Gasteiger partial charge is 0.508 e. The fourth-order valence-corrected chi connectivity index (χ4v) is 2.56. The number of carboxylic acid groups (broad SMARTS) is 1. The lowest BCUT2D eigenvalue weighted by Crippen LogP contribution is -2.48. The van der Waals surface area contributed by atoms with Gasteiger partial charge in [-0.05, 0) is 29.8 Å². The molecule has 2 N–H and O–H groups in total. The van der Waals surface area contributed by atoms with E-state index in [1.54, 1.807) is 24.4 Å². The summed E-state index contributed by atoms with van der Waals surface area (Å²) in [6, 6.07) is 10.9. The molecule has 6 heteroatoms. The first-order chi connectivity index (χ1) is 10.6. The lowest BCUT2D eigenvalue weighted by molar-refractivity contribution is 0.142. The third kappa shape index (κ3) is 2.95. The molecule has 1 aliphatic rings. The van der Waals surface area contributed by atoms with E-state index in [4.69, 9.17) is 5.11 Å². The van der Waals surface area contributed by atoms with Gasteiger partial charge in [-0.15, -0.1) is 0 Å². The molecule has 0 radical (unpaired) electrons. The van der Waals surface area contributed by atoms with E-state index in [9.17, 15) is 9.90 Å². The van der Waals surface area contributed by atoms with Crippen molar-refractivity contribution >= 4 is 11.9 Å². The number of phenolic OH excluding ortho intramolecular Hbond substituents is 1. The molecule has 0 saturated carbocycles. The Hall–Kier alpha value is -2.76. The topological polar surface area (TPSA) is 76.9 Å². The summed E-state index contributed by atoms with van der Waals surface area (Å²) >= 11 is 0. The van der Waals surface area contributed by atoms with Crippen molar-refractivity contribution in [1.29, 1.82) is 0 Å². The molecule has 22 heavy (non-hydrogen) atoms. The van der Waals surface area contributed by atoms with Crippen molar-refractivity contribution < 1.29 is 15.0 Å². The van der Waals surface area contributed by atoms with Crippen LogP contribution in [0.1, 0.15) is 0 Å². The molecule has 2 aromatic rings. The first-order valence-electron chi connectivity index (χ1n) is 7.12. The maximum atomic E-state index is 10.9. The summed E-state index contributed by atoms with van der Waals surface area (Å²) in [5.74, 6) is 1.07. The van der Waals surface area contributed by atoms with Gasteiger partial charge in [-0.2, -0.15) is 0 Å². The highest BCUT2D eigenvalue weighted by atomic mass is 16.4. The first-order valence-corrected chi connectivity index (χ1v) is 7.12. The summed E-state index contributed by atoms with van der Waals surface area (Å²) in [5.41, 5.74) is 1.85.